The molecule has 2 aromatic carbocycles. The first kappa shape index (κ1) is 20.4. The minimum Gasteiger partial charge on any atom is -0.300 e. The summed E-state index contributed by atoms with van der Waals surface area (Å²) in [6.45, 7) is 4.26. The summed E-state index contributed by atoms with van der Waals surface area (Å²) in [5, 5.41) is 3.79. The van der Waals surface area contributed by atoms with Gasteiger partial charge in [0.2, 0.25) is 0 Å². The van der Waals surface area contributed by atoms with Crippen LogP contribution in [0.25, 0.3) is 0 Å². The van der Waals surface area contributed by atoms with Gasteiger partial charge in [0.15, 0.2) is 9.84 Å². The van der Waals surface area contributed by atoms with Gasteiger partial charge in [-0.15, -0.1) is 11.8 Å². The van der Waals surface area contributed by atoms with Gasteiger partial charge in [-0.2, -0.15) is 0 Å². The number of sulfone groups is 1. The van der Waals surface area contributed by atoms with Crippen molar-refractivity contribution in [3.8, 4) is 0 Å². The summed E-state index contributed by atoms with van der Waals surface area (Å²) in [5.74, 6) is 0.157. The lowest BCUT2D eigenvalue weighted by Gasteiger charge is -2.35. The van der Waals surface area contributed by atoms with Gasteiger partial charge < -0.3 is 0 Å². The van der Waals surface area contributed by atoms with Crippen molar-refractivity contribution in [1.82, 2.24) is 5.32 Å². The van der Waals surface area contributed by atoms with Gasteiger partial charge in [0.25, 0.3) is 0 Å². The molecule has 0 spiro atoms. The van der Waals surface area contributed by atoms with Crippen LogP contribution in [0.15, 0.2) is 58.3 Å². The molecular weight excluding hydrogens is 374 g/mol. The van der Waals surface area contributed by atoms with E-state index in [0.717, 1.165) is 41.7 Å². The molecule has 1 aliphatic heterocycles. The Hall–Kier alpha value is -1.30. The number of unbranched alkanes of at least 4 members (excludes halogenated alkanes) is 1. The quantitative estimate of drug-likeness (QED) is 0.672. The molecule has 0 radical (unpaired) electrons. The van der Waals surface area contributed by atoms with Gasteiger partial charge in [0.05, 0.1) is 16.7 Å². The van der Waals surface area contributed by atoms with Crippen molar-refractivity contribution in [2.24, 2.45) is 0 Å². The van der Waals surface area contributed by atoms with Crippen LogP contribution in [0.1, 0.15) is 56.7 Å². The van der Waals surface area contributed by atoms with Gasteiger partial charge in [0, 0.05) is 10.4 Å². The predicted molar refractivity (Wildman–Crippen MR) is 114 cm³/mol. The second-order valence-corrected chi connectivity index (χ2v) is 10.2. The molecule has 0 aliphatic carbocycles. The summed E-state index contributed by atoms with van der Waals surface area (Å²) >= 11 is 1.58. The Kier molecular flexibility index (Phi) is 6.34. The van der Waals surface area contributed by atoms with E-state index in [4.69, 9.17) is 0 Å². The summed E-state index contributed by atoms with van der Waals surface area (Å²) < 4.78 is 26.9. The second kappa shape index (κ2) is 8.38. The molecule has 0 unspecified atom stereocenters. The van der Waals surface area contributed by atoms with E-state index in [1.807, 2.05) is 42.7 Å². The Labute approximate surface area is 167 Å². The molecule has 0 fully saturated rings. The molecule has 27 heavy (non-hydrogen) atoms. The first-order valence-electron chi connectivity index (χ1n) is 9.68. The molecule has 2 aromatic rings. The van der Waals surface area contributed by atoms with Crippen LogP contribution in [0.3, 0.4) is 0 Å². The number of fused-ring (bicyclic) bond motifs is 1. The topological polar surface area (TPSA) is 46.2 Å². The molecule has 146 valence electrons. The maximum atomic E-state index is 13.4. The fourth-order valence-electron chi connectivity index (χ4n) is 3.97. The molecule has 1 aliphatic rings. The lowest BCUT2D eigenvalue weighted by atomic mass is 9.88. The molecule has 0 bridgehead atoms. The Bertz CT molecular complexity index is 880. The monoisotopic (exact) mass is 403 g/mol. The normalized spacial score (nSPS) is 24.2. The van der Waals surface area contributed by atoms with E-state index in [9.17, 15) is 8.42 Å². The minimum atomic E-state index is -3.38. The van der Waals surface area contributed by atoms with Crippen LogP contribution in [0, 0.1) is 0 Å². The molecule has 5 heteroatoms. The highest BCUT2D eigenvalue weighted by Gasteiger charge is 2.41. The van der Waals surface area contributed by atoms with E-state index in [0.29, 0.717) is 4.90 Å². The average molecular weight is 404 g/mol. The molecule has 1 heterocycles. The number of rotatable bonds is 6. The summed E-state index contributed by atoms with van der Waals surface area (Å²) in [6.07, 6.45) is 5.72. The van der Waals surface area contributed by atoms with E-state index in [1.165, 1.54) is 0 Å². The first-order valence-corrected chi connectivity index (χ1v) is 12.6. The van der Waals surface area contributed by atoms with Crippen molar-refractivity contribution in [3.63, 3.8) is 0 Å². The van der Waals surface area contributed by atoms with Crippen molar-refractivity contribution >= 4 is 21.6 Å². The lowest BCUT2D eigenvalue weighted by Crippen LogP contribution is -2.50. The third-order valence-electron chi connectivity index (χ3n) is 5.60. The minimum absolute atomic E-state index is 0.119. The Morgan fingerprint density at radius 1 is 1.15 bits per heavy atom. The first-order chi connectivity index (χ1) is 12.9. The van der Waals surface area contributed by atoms with Crippen LogP contribution in [0.4, 0.5) is 0 Å². The predicted octanol–water partition coefficient (Wildman–Crippen LogP) is 5.21. The largest absolute Gasteiger partial charge is 0.300 e. The van der Waals surface area contributed by atoms with Crippen LogP contribution < -0.4 is 5.32 Å². The number of hydrogen-bond acceptors (Lipinski definition) is 4. The van der Waals surface area contributed by atoms with Crippen LogP contribution in [-0.4, -0.2) is 26.0 Å². The molecule has 0 saturated carbocycles. The van der Waals surface area contributed by atoms with Crippen molar-refractivity contribution in [1.29, 1.82) is 0 Å². The van der Waals surface area contributed by atoms with Gasteiger partial charge in [-0.25, -0.2) is 8.42 Å². The van der Waals surface area contributed by atoms with Gasteiger partial charge in [-0.1, -0.05) is 63.1 Å². The fraction of sp³-hybridized carbons (Fsp3) is 0.455. The third-order valence-corrected chi connectivity index (χ3v) is 8.28. The fourth-order valence-corrected chi connectivity index (χ4v) is 6.65. The zero-order valence-corrected chi connectivity index (χ0v) is 18.0. The SMILES string of the molecule is CCCC[C@]1(CC)CS(=O)(=O)c2cc(SC)ccc2[C@H](c2ccccc2)N1. The molecule has 0 amide bonds. The number of benzene rings is 2. The van der Waals surface area contributed by atoms with Gasteiger partial charge in [-0.3, -0.25) is 5.32 Å². The highest BCUT2D eigenvalue weighted by molar-refractivity contribution is 7.98. The summed E-state index contributed by atoms with van der Waals surface area (Å²) in [7, 11) is -3.38. The average Bonchev–Trinajstić information content (AvgIpc) is 2.79. The van der Waals surface area contributed by atoms with E-state index in [2.05, 4.69) is 31.3 Å². The molecule has 3 rings (SSSR count). The van der Waals surface area contributed by atoms with Crippen molar-refractivity contribution in [3.05, 3.63) is 59.7 Å². The standard InChI is InChI=1S/C22H29NO2S2/c1-4-6-14-22(5-2)16-27(24,25)20-15-18(26-3)12-13-19(20)21(23-22)17-10-8-7-9-11-17/h7-13,15,21,23H,4-6,14,16H2,1-3H3/t21-,22+/m0/s1. The maximum absolute atomic E-state index is 13.4. The van der Waals surface area contributed by atoms with Gasteiger partial charge in [0.1, 0.15) is 0 Å². The lowest BCUT2D eigenvalue weighted by molar-refractivity contribution is 0.295. The van der Waals surface area contributed by atoms with E-state index < -0.39 is 15.4 Å². The Balaban J connectivity index is 2.20. The highest BCUT2D eigenvalue weighted by Crippen LogP contribution is 2.39. The number of thioether (sulfide) groups is 1. The molecule has 0 aromatic heterocycles. The van der Waals surface area contributed by atoms with E-state index in [1.54, 1.807) is 11.8 Å². The van der Waals surface area contributed by atoms with Gasteiger partial charge in [-0.05, 0) is 42.4 Å². The van der Waals surface area contributed by atoms with Crippen molar-refractivity contribution < 1.29 is 8.42 Å². The zero-order valence-electron chi connectivity index (χ0n) is 16.4. The van der Waals surface area contributed by atoms with Crippen LogP contribution in [0.2, 0.25) is 0 Å². The molecular formula is C22H29NO2S2. The Morgan fingerprint density at radius 3 is 2.52 bits per heavy atom. The maximum Gasteiger partial charge on any atom is 0.180 e. The van der Waals surface area contributed by atoms with Crippen molar-refractivity contribution in [2.45, 2.75) is 60.9 Å². The van der Waals surface area contributed by atoms with E-state index in [-0.39, 0.29) is 11.8 Å². The summed E-state index contributed by atoms with van der Waals surface area (Å²) in [6, 6.07) is 16.0. The van der Waals surface area contributed by atoms with Gasteiger partial charge >= 0.3 is 0 Å². The summed E-state index contributed by atoms with van der Waals surface area (Å²) in [5.41, 5.74) is 1.57. The molecule has 0 saturated heterocycles. The Morgan fingerprint density at radius 2 is 1.89 bits per heavy atom. The van der Waals surface area contributed by atoms with Crippen LogP contribution in [0.5, 0.6) is 0 Å². The third kappa shape index (κ3) is 4.25. The smallest absolute Gasteiger partial charge is 0.180 e. The van der Waals surface area contributed by atoms with Crippen LogP contribution in [-0.2, 0) is 9.84 Å². The van der Waals surface area contributed by atoms with Crippen LogP contribution >= 0.6 is 11.8 Å². The van der Waals surface area contributed by atoms with E-state index >= 15 is 0 Å². The summed E-state index contributed by atoms with van der Waals surface area (Å²) in [4.78, 5) is 1.48. The second-order valence-electron chi connectivity index (χ2n) is 7.39. The molecule has 2 atom stereocenters. The molecule has 3 nitrogen and oxygen atoms in total. The number of nitrogens with one attached hydrogen (secondary N) is 1. The zero-order chi connectivity index (χ0) is 19.5. The number of hydrogen-bond donors (Lipinski definition) is 1. The van der Waals surface area contributed by atoms with Crippen molar-refractivity contribution in [2.75, 3.05) is 12.0 Å². The highest BCUT2D eigenvalue weighted by atomic mass is 32.2. The molecule has 1 N–H and O–H groups in total.